The lowest BCUT2D eigenvalue weighted by atomic mass is 9.84. The highest BCUT2D eigenvalue weighted by Gasteiger charge is 2.48. The van der Waals surface area contributed by atoms with E-state index in [4.69, 9.17) is 9.47 Å². The fourth-order valence-corrected chi connectivity index (χ4v) is 3.04. The fourth-order valence-electron chi connectivity index (χ4n) is 3.04. The Morgan fingerprint density at radius 1 is 1.43 bits per heavy atom. The topological polar surface area (TPSA) is 67.8 Å². The van der Waals surface area contributed by atoms with E-state index in [2.05, 4.69) is 15.1 Å². The number of aryl methyl sites for hydroxylation is 1. The van der Waals surface area contributed by atoms with Gasteiger partial charge in [-0.25, -0.2) is 0 Å². The number of aromatic nitrogens is 2. The van der Waals surface area contributed by atoms with Gasteiger partial charge in [-0.05, 0) is 25.5 Å². The van der Waals surface area contributed by atoms with E-state index >= 15 is 0 Å². The van der Waals surface area contributed by atoms with Crippen LogP contribution in [0.2, 0.25) is 0 Å². The molecule has 2 fully saturated rings. The molecule has 0 aliphatic carbocycles. The molecule has 0 saturated carbocycles. The Hall–Kier alpha value is -1.73. The van der Waals surface area contributed by atoms with Crippen molar-refractivity contribution in [1.82, 2.24) is 15.1 Å². The minimum Gasteiger partial charge on any atom is -0.371 e. The molecule has 1 aromatic rings. The van der Waals surface area contributed by atoms with Crippen LogP contribution in [-0.4, -0.2) is 73.1 Å². The first-order chi connectivity index (χ1) is 11.0. The van der Waals surface area contributed by atoms with Crippen molar-refractivity contribution in [2.45, 2.75) is 31.5 Å². The van der Waals surface area contributed by atoms with Gasteiger partial charge < -0.3 is 19.3 Å². The smallest absolute Gasteiger partial charge is 0.248 e. The second-order valence-corrected chi connectivity index (χ2v) is 6.63. The Kier molecular flexibility index (Phi) is 4.50. The molecule has 3 heterocycles. The summed E-state index contributed by atoms with van der Waals surface area (Å²) in [5.74, 6) is 0.881. The summed E-state index contributed by atoms with van der Waals surface area (Å²) in [5, 5.41) is 8.31. The lowest BCUT2D eigenvalue weighted by Crippen LogP contribution is -2.66. The van der Waals surface area contributed by atoms with Crippen LogP contribution in [0.5, 0.6) is 0 Å². The lowest BCUT2D eigenvalue weighted by Gasteiger charge is -2.53. The summed E-state index contributed by atoms with van der Waals surface area (Å²) in [7, 11) is 3.48. The van der Waals surface area contributed by atoms with E-state index in [1.165, 1.54) is 0 Å². The van der Waals surface area contributed by atoms with Crippen molar-refractivity contribution in [3.05, 3.63) is 17.8 Å². The Labute approximate surface area is 136 Å². The molecule has 23 heavy (non-hydrogen) atoms. The minimum absolute atomic E-state index is 0.00397. The van der Waals surface area contributed by atoms with Crippen LogP contribution in [-0.2, 0) is 14.3 Å². The van der Waals surface area contributed by atoms with E-state index in [0.29, 0.717) is 6.61 Å². The van der Waals surface area contributed by atoms with Gasteiger partial charge in [-0.1, -0.05) is 0 Å². The van der Waals surface area contributed by atoms with Crippen LogP contribution in [0.4, 0.5) is 5.82 Å². The second kappa shape index (κ2) is 6.41. The SMILES string of the molecule is Cc1ccc(N2CC3(CC(OCC(=O)N(C)C)CCO3)C2)nn1. The normalized spacial score (nSPS) is 22.7. The molecule has 126 valence electrons. The molecular formula is C16H24N4O3. The van der Waals surface area contributed by atoms with Crippen LogP contribution in [0, 0.1) is 6.92 Å². The Morgan fingerprint density at radius 2 is 2.22 bits per heavy atom. The molecule has 3 rings (SSSR count). The molecule has 2 aliphatic rings. The predicted molar refractivity (Wildman–Crippen MR) is 85.3 cm³/mol. The van der Waals surface area contributed by atoms with E-state index in [-0.39, 0.29) is 24.2 Å². The molecule has 1 unspecified atom stereocenters. The third-order valence-corrected chi connectivity index (χ3v) is 4.45. The van der Waals surface area contributed by atoms with Crippen molar-refractivity contribution in [3.8, 4) is 0 Å². The summed E-state index contributed by atoms with van der Waals surface area (Å²) in [5.41, 5.74) is 0.744. The molecule has 2 saturated heterocycles. The largest absolute Gasteiger partial charge is 0.371 e. The molecule has 0 radical (unpaired) electrons. The van der Waals surface area contributed by atoms with E-state index in [1.54, 1.807) is 19.0 Å². The molecule has 2 aliphatic heterocycles. The standard InChI is InChI=1S/C16H24N4O3/c1-12-4-5-14(18-17-12)20-10-16(11-20)8-13(6-7-23-16)22-9-15(21)19(2)3/h4-5,13H,6-11H2,1-3H3. The fraction of sp³-hybridized carbons (Fsp3) is 0.688. The number of nitrogens with zero attached hydrogens (tertiary/aromatic N) is 4. The highest BCUT2D eigenvalue weighted by atomic mass is 16.5. The highest BCUT2D eigenvalue weighted by Crippen LogP contribution is 2.37. The summed E-state index contributed by atoms with van der Waals surface area (Å²) < 4.78 is 11.8. The van der Waals surface area contributed by atoms with Gasteiger partial charge in [0.05, 0.1) is 24.9 Å². The van der Waals surface area contributed by atoms with Gasteiger partial charge in [0.2, 0.25) is 5.91 Å². The second-order valence-electron chi connectivity index (χ2n) is 6.63. The summed E-state index contributed by atoms with van der Waals surface area (Å²) in [6.45, 7) is 4.34. The number of rotatable bonds is 4. The van der Waals surface area contributed by atoms with Crippen LogP contribution in [0.25, 0.3) is 0 Å². The number of ether oxygens (including phenoxy) is 2. The van der Waals surface area contributed by atoms with Crippen molar-refractivity contribution >= 4 is 11.7 Å². The molecule has 0 N–H and O–H groups in total. The summed E-state index contributed by atoms with van der Waals surface area (Å²) in [6, 6.07) is 3.95. The van der Waals surface area contributed by atoms with E-state index in [9.17, 15) is 4.79 Å². The summed E-state index contributed by atoms with van der Waals surface area (Å²) in [6.07, 6.45) is 1.75. The average molecular weight is 320 g/mol. The summed E-state index contributed by atoms with van der Waals surface area (Å²) >= 11 is 0. The molecule has 0 bridgehead atoms. The van der Waals surface area contributed by atoms with E-state index < -0.39 is 0 Å². The van der Waals surface area contributed by atoms with Crippen molar-refractivity contribution in [1.29, 1.82) is 0 Å². The first kappa shape index (κ1) is 16.1. The van der Waals surface area contributed by atoms with Crippen molar-refractivity contribution in [3.63, 3.8) is 0 Å². The van der Waals surface area contributed by atoms with Crippen molar-refractivity contribution < 1.29 is 14.3 Å². The van der Waals surface area contributed by atoms with Gasteiger partial charge in [0.25, 0.3) is 0 Å². The first-order valence-corrected chi connectivity index (χ1v) is 7.98. The molecule has 1 aromatic heterocycles. The molecule has 0 aromatic carbocycles. The predicted octanol–water partition coefficient (Wildman–Crippen LogP) is 0.628. The number of hydrogen-bond donors (Lipinski definition) is 0. The zero-order chi connectivity index (χ0) is 16.4. The van der Waals surface area contributed by atoms with E-state index in [1.807, 2.05) is 19.1 Å². The van der Waals surface area contributed by atoms with Crippen LogP contribution in [0.1, 0.15) is 18.5 Å². The number of likely N-dealkylation sites (N-methyl/N-ethyl adjacent to an activating group) is 1. The van der Waals surface area contributed by atoms with Crippen molar-refractivity contribution in [2.24, 2.45) is 0 Å². The molecule has 1 amide bonds. The maximum Gasteiger partial charge on any atom is 0.248 e. The van der Waals surface area contributed by atoms with Gasteiger partial charge >= 0.3 is 0 Å². The first-order valence-electron chi connectivity index (χ1n) is 7.98. The number of carbonyl (C=O) groups is 1. The van der Waals surface area contributed by atoms with Gasteiger partial charge in [-0.15, -0.1) is 5.10 Å². The number of hydrogen-bond acceptors (Lipinski definition) is 6. The molecule has 1 spiro atoms. The number of carbonyl (C=O) groups excluding carboxylic acids is 1. The van der Waals surface area contributed by atoms with Crippen molar-refractivity contribution in [2.75, 3.05) is 45.3 Å². The van der Waals surface area contributed by atoms with Gasteiger partial charge in [-0.2, -0.15) is 5.10 Å². The van der Waals surface area contributed by atoms with Crippen LogP contribution in [0.3, 0.4) is 0 Å². The average Bonchev–Trinajstić information content (AvgIpc) is 2.51. The third-order valence-electron chi connectivity index (χ3n) is 4.45. The Balaban J connectivity index is 1.51. The lowest BCUT2D eigenvalue weighted by molar-refractivity contribution is -0.156. The molecule has 7 heteroatoms. The zero-order valence-electron chi connectivity index (χ0n) is 14.0. The maximum atomic E-state index is 11.6. The molecule has 7 nitrogen and oxygen atoms in total. The van der Waals surface area contributed by atoms with Crippen LogP contribution in [0.15, 0.2) is 12.1 Å². The number of anilines is 1. The molecular weight excluding hydrogens is 296 g/mol. The van der Waals surface area contributed by atoms with Crippen LogP contribution >= 0.6 is 0 Å². The van der Waals surface area contributed by atoms with Gasteiger partial charge in [-0.3, -0.25) is 4.79 Å². The highest BCUT2D eigenvalue weighted by molar-refractivity contribution is 5.76. The van der Waals surface area contributed by atoms with Crippen LogP contribution < -0.4 is 4.90 Å². The van der Waals surface area contributed by atoms with E-state index in [0.717, 1.165) is 37.4 Å². The van der Waals surface area contributed by atoms with Gasteiger partial charge in [0, 0.05) is 27.1 Å². The Bertz CT molecular complexity index is 555. The molecule has 1 atom stereocenters. The zero-order valence-corrected chi connectivity index (χ0v) is 14.0. The monoisotopic (exact) mass is 320 g/mol. The maximum absolute atomic E-state index is 11.6. The summed E-state index contributed by atoms with van der Waals surface area (Å²) in [4.78, 5) is 15.4. The number of amides is 1. The minimum atomic E-state index is -0.170. The third kappa shape index (κ3) is 3.61. The van der Waals surface area contributed by atoms with Gasteiger partial charge in [0.1, 0.15) is 12.2 Å². The Morgan fingerprint density at radius 3 is 2.87 bits per heavy atom. The quantitative estimate of drug-likeness (QED) is 0.810. The van der Waals surface area contributed by atoms with Gasteiger partial charge in [0.15, 0.2) is 5.82 Å².